The Morgan fingerprint density at radius 2 is 2.21 bits per heavy atom. The van der Waals surface area contributed by atoms with Gasteiger partial charge in [-0.05, 0) is 18.2 Å². The highest BCUT2D eigenvalue weighted by Crippen LogP contribution is 2.32. The van der Waals surface area contributed by atoms with Gasteiger partial charge in [0.1, 0.15) is 5.82 Å². The van der Waals surface area contributed by atoms with Crippen LogP contribution in [0.15, 0.2) is 18.2 Å². The van der Waals surface area contributed by atoms with Gasteiger partial charge in [-0.3, -0.25) is 0 Å². The molecule has 2 aromatic rings. The van der Waals surface area contributed by atoms with E-state index in [0.29, 0.717) is 10.8 Å². The summed E-state index contributed by atoms with van der Waals surface area (Å²) in [5.41, 5.74) is 0.463. The molecule has 0 atom stereocenters. The molecule has 0 saturated heterocycles. The zero-order valence-electron chi connectivity index (χ0n) is 9.54. The Balaban J connectivity index is 2.26. The Bertz CT molecular complexity index is 633. The topological polar surface area (TPSA) is 51.2 Å². The number of rotatable bonds is 3. The molecule has 100 valence electrons. The van der Waals surface area contributed by atoms with E-state index in [1.54, 1.807) is 0 Å². The van der Waals surface area contributed by atoms with Crippen molar-refractivity contribution in [3.63, 3.8) is 0 Å². The lowest BCUT2D eigenvalue weighted by Crippen LogP contribution is -1.98. The van der Waals surface area contributed by atoms with Gasteiger partial charge in [0.2, 0.25) is 0 Å². The van der Waals surface area contributed by atoms with Gasteiger partial charge >= 0.3 is 5.97 Å². The van der Waals surface area contributed by atoms with Crippen LogP contribution in [-0.4, -0.2) is 18.1 Å². The average molecular weight is 321 g/mol. The molecule has 0 aliphatic heterocycles. The highest BCUT2D eigenvalue weighted by atomic mass is 35.5. The standard InChI is InChI=1S/C11H7Cl2FN2O2S/c1-18-10(17)8-9(13)16-11(19-8)15-7-3-2-5(14)4-6(7)12/h2-4H,1H3,(H,15,16). The van der Waals surface area contributed by atoms with Crippen LogP contribution < -0.4 is 5.32 Å². The van der Waals surface area contributed by atoms with Crippen LogP contribution in [-0.2, 0) is 4.74 Å². The molecule has 0 aliphatic rings. The van der Waals surface area contributed by atoms with Gasteiger partial charge in [-0.15, -0.1) is 0 Å². The molecule has 1 aromatic heterocycles. The fraction of sp³-hybridized carbons (Fsp3) is 0.0909. The number of nitrogens with zero attached hydrogens (tertiary/aromatic N) is 1. The van der Waals surface area contributed by atoms with Crippen molar-refractivity contribution >= 4 is 51.3 Å². The molecule has 0 bridgehead atoms. The summed E-state index contributed by atoms with van der Waals surface area (Å²) in [6.45, 7) is 0. The van der Waals surface area contributed by atoms with Crippen LogP contribution in [0.4, 0.5) is 15.2 Å². The second kappa shape index (κ2) is 5.73. The fourth-order valence-corrected chi connectivity index (χ4v) is 2.61. The molecule has 1 aromatic carbocycles. The smallest absolute Gasteiger partial charge is 0.351 e. The number of esters is 1. The number of thiazole rings is 1. The van der Waals surface area contributed by atoms with Gasteiger partial charge in [0.05, 0.1) is 17.8 Å². The molecular formula is C11H7Cl2FN2O2S. The second-order valence-corrected chi connectivity index (χ2v) is 5.14. The molecule has 2 rings (SSSR count). The first-order valence-corrected chi connectivity index (χ1v) is 6.55. The van der Waals surface area contributed by atoms with E-state index in [0.717, 1.165) is 11.3 Å². The number of aromatic nitrogens is 1. The van der Waals surface area contributed by atoms with Crippen molar-refractivity contribution < 1.29 is 13.9 Å². The number of hydrogen-bond donors (Lipinski definition) is 1. The van der Waals surface area contributed by atoms with E-state index in [1.807, 2.05) is 0 Å². The average Bonchev–Trinajstić information content (AvgIpc) is 2.73. The number of carbonyl (C=O) groups excluding carboxylic acids is 1. The van der Waals surface area contributed by atoms with Crippen molar-refractivity contribution in [1.82, 2.24) is 4.98 Å². The summed E-state index contributed by atoms with van der Waals surface area (Å²) >= 11 is 12.7. The molecule has 1 heterocycles. The second-order valence-electron chi connectivity index (χ2n) is 3.38. The number of methoxy groups -OCH3 is 1. The maximum atomic E-state index is 12.9. The van der Waals surface area contributed by atoms with Gasteiger partial charge in [-0.2, -0.15) is 0 Å². The highest BCUT2D eigenvalue weighted by molar-refractivity contribution is 7.18. The fourth-order valence-electron chi connectivity index (χ4n) is 1.28. The third-order valence-electron chi connectivity index (χ3n) is 2.13. The normalized spacial score (nSPS) is 10.3. The Morgan fingerprint density at radius 1 is 1.47 bits per heavy atom. The molecule has 0 saturated carbocycles. The Hall–Kier alpha value is -1.37. The summed E-state index contributed by atoms with van der Waals surface area (Å²) < 4.78 is 17.5. The van der Waals surface area contributed by atoms with E-state index in [-0.39, 0.29) is 15.1 Å². The molecule has 8 heteroatoms. The summed E-state index contributed by atoms with van der Waals surface area (Å²) in [5.74, 6) is -1.01. The van der Waals surface area contributed by atoms with Crippen molar-refractivity contribution in [2.24, 2.45) is 0 Å². The van der Waals surface area contributed by atoms with E-state index < -0.39 is 11.8 Å². The van der Waals surface area contributed by atoms with E-state index in [2.05, 4.69) is 15.0 Å². The third kappa shape index (κ3) is 3.15. The lowest BCUT2D eigenvalue weighted by molar-refractivity contribution is 0.0606. The Morgan fingerprint density at radius 3 is 2.84 bits per heavy atom. The SMILES string of the molecule is COC(=O)c1sc(Nc2ccc(F)cc2Cl)nc1Cl. The van der Waals surface area contributed by atoms with Gasteiger partial charge in [-0.25, -0.2) is 14.2 Å². The number of carbonyl (C=O) groups is 1. The first kappa shape index (κ1) is 14.0. The van der Waals surface area contributed by atoms with Crippen molar-refractivity contribution in [3.05, 3.63) is 39.1 Å². The van der Waals surface area contributed by atoms with Gasteiger partial charge in [-0.1, -0.05) is 34.5 Å². The van der Waals surface area contributed by atoms with Crippen molar-refractivity contribution in [2.75, 3.05) is 12.4 Å². The summed E-state index contributed by atoms with van der Waals surface area (Å²) in [5, 5.41) is 3.46. The minimum absolute atomic E-state index is 0.0394. The zero-order chi connectivity index (χ0) is 14.0. The highest BCUT2D eigenvalue weighted by Gasteiger charge is 2.17. The van der Waals surface area contributed by atoms with E-state index in [4.69, 9.17) is 23.2 Å². The van der Waals surface area contributed by atoms with Crippen LogP contribution >= 0.6 is 34.5 Å². The van der Waals surface area contributed by atoms with Crippen LogP contribution in [0.3, 0.4) is 0 Å². The molecule has 0 amide bonds. The van der Waals surface area contributed by atoms with Gasteiger partial charge in [0.15, 0.2) is 15.2 Å². The van der Waals surface area contributed by atoms with E-state index in [9.17, 15) is 9.18 Å². The Kier molecular flexibility index (Phi) is 4.24. The largest absolute Gasteiger partial charge is 0.465 e. The van der Waals surface area contributed by atoms with Crippen molar-refractivity contribution in [2.45, 2.75) is 0 Å². The summed E-state index contributed by atoms with van der Waals surface area (Å²) in [7, 11) is 1.25. The van der Waals surface area contributed by atoms with Crippen molar-refractivity contribution in [1.29, 1.82) is 0 Å². The first-order chi connectivity index (χ1) is 9.01. The lowest BCUT2D eigenvalue weighted by atomic mass is 10.3. The van der Waals surface area contributed by atoms with Gasteiger partial charge < -0.3 is 10.1 Å². The summed E-state index contributed by atoms with van der Waals surface area (Å²) in [4.78, 5) is 15.5. The number of benzene rings is 1. The molecule has 1 N–H and O–H groups in total. The quantitative estimate of drug-likeness (QED) is 0.864. The number of nitrogens with one attached hydrogen (secondary N) is 1. The van der Waals surface area contributed by atoms with Crippen LogP contribution in [0.2, 0.25) is 10.2 Å². The van der Waals surface area contributed by atoms with Crippen LogP contribution in [0.25, 0.3) is 0 Å². The molecule has 19 heavy (non-hydrogen) atoms. The summed E-state index contributed by atoms with van der Waals surface area (Å²) in [6, 6.07) is 3.88. The third-order valence-corrected chi connectivity index (χ3v) is 3.78. The molecule has 0 spiro atoms. The molecule has 0 radical (unpaired) electrons. The number of ether oxygens (including phenoxy) is 1. The van der Waals surface area contributed by atoms with Crippen molar-refractivity contribution in [3.8, 4) is 0 Å². The number of halogens is 3. The van der Waals surface area contributed by atoms with Crippen LogP contribution in [0.5, 0.6) is 0 Å². The molecule has 4 nitrogen and oxygen atoms in total. The predicted molar refractivity (Wildman–Crippen MR) is 73.2 cm³/mol. The summed E-state index contributed by atoms with van der Waals surface area (Å²) in [6.07, 6.45) is 0. The lowest BCUT2D eigenvalue weighted by Gasteiger charge is -2.04. The first-order valence-electron chi connectivity index (χ1n) is 4.98. The number of hydrogen-bond acceptors (Lipinski definition) is 5. The molecular weight excluding hydrogens is 314 g/mol. The van der Waals surface area contributed by atoms with E-state index in [1.165, 1.54) is 25.3 Å². The maximum absolute atomic E-state index is 12.9. The minimum atomic E-state index is -0.569. The van der Waals surface area contributed by atoms with Gasteiger partial charge in [0.25, 0.3) is 0 Å². The van der Waals surface area contributed by atoms with Crippen LogP contribution in [0.1, 0.15) is 9.67 Å². The molecule has 0 unspecified atom stereocenters. The predicted octanol–water partition coefficient (Wildman–Crippen LogP) is 4.12. The van der Waals surface area contributed by atoms with Crippen LogP contribution in [0, 0.1) is 5.82 Å². The Labute approximate surface area is 122 Å². The molecule has 0 fully saturated rings. The maximum Gasteiger partial charge on any atom is 0.351 e. The zero-order valence-corrected chi connectivity index (χ0v) is 11.9. The van der Waals surface area contributed by atoms with Gasteiger partial charge in [0, 0.05) is 0 Å². The number of anilines is 2. The minimum Gasteiger partial charge on any atom is -0.465 e. The van der Waals surface area contributed by atoms with E-state index >= 15 is 0 Å². The molecule has 0 aliphatic carbocycles. The monoisotopic (exact) mass is 320 g/mol.